The maximum Gasteiger partial charge on any atom is 0.0453 e. The standard InChI is InChI=1S/C13H16N2/c1-2-14-10-11-5-7-12(8-6-11)13-4-3-9-15-13/h3-9,14-15H,2,10H2,1H3. The Labute approximate surface area is 90.3 Å². The smallest absolute Gasteiger partial charge is 0.0453 e. The molecule has 2 N–H and O–H groups in total. The zero-order chi connectivity index (χ0) is 10.5. The minimum absolute atomic E-state index is 0.946. The van der Waals surface area contributed by atoms with Crippen molar-refractivity contribution in [2.24, 2.45) is 0 Å². The number of benzene rings is 1. The van der Waals surface area contributed by atoms with Crippen LogP contribution in [0, 0.1) is 0 Å². The fourth-order valence-electron chi connectivity index (χ4n) is 1.58. The zero-order valence-electron chi connectivity index (χ0n) is 8.96. The monoisotopic (exact) mass is 200 g/mol. The van der Waals surface area contributed by atoms with Crippen LogP contribution in [0.4, 0.5) is 0 Å². The van der Waals surface area contributed by atoms with E-state index in [0.717, 1.165) is 13.1 Å². The van der Waals surface area contributed by atoms with E-state index in [9.17, 15) is 0 Å². The highest BCUT2D eigenvalue weighted by molar-refractivity contribution is 5.59. The van der Waals surface area contributed by atoms with Crippen molar-refractivity contribution in [2.75, 3.05) is 6.54 Å². The first-order chi connectivity index (χ1) is 7.40. The SMILES string of the molecule is CCNCc1ccc(-c2ccc[nH]2)cc1. The van der Waals surface area contributed by atoms with Crippen LogP contribution in [0.3, 0.4) is 0 Å². The molecule has 78 valence electrons. The van der Waals surface area contributed by atoms with Gasteiger partial charge in [-0.2, -0.15) is 0 Å². The van der Waals surface area contributed by atoms with E-state index >= 15 is 0 Å². The second-order valence-corrected chi connectivity index (χ2v) is 3.56. The van der Waals surface area contributed by atoms with E-state index in [-0.39, 0.29) is 0 Å². The van der Waals surface area contributed by atoms with Crippen molar-refractivity contribution in [3.8, 4) is 11.3 Å². The Morgan fingerprint density at radius 2 is 1.93 bits per heavy atom. The van der Waals surface area contributed by atoms with E-state index in [1.54, 1.807) is 0 Å². The quantitative estimate of drug-likeness (QED) is 0.780. The largest absolute Gasteiger partial charge is 0.361 e. The molecule has 0 spiro atoms. The molecular formula is C13H16N2. The first kappa shape index (κ1) is 9.99. The molecule has 0 aliphatic rings. The summed E-state index contributed by atoms with van der Waals surface area (Å²) >= 11 is 0. The minimum Gasteiger partial charge on any atom is -0.361 e. The van der Waals surface area contributed by atoms with Gasteiger partial charge in [0, 0.05) is 18.4 Å². The van der Waals surface area contributed by atoms with E-state index in [4.69, 9.17) is 0 Å². The predicted molar refractivity (Wildman–Crippen MR) is 63.6 cm³/mol. The Hall–Kier alpha value is -1.54. The molecule has 0 unspecified atom stereocenters. The molecule has 15 heavy (non-hydrogen) atoms. The first-order valence-corrected chi connectivity index (χ1v) is 5.33. The molecule has 0 aliphatic carbocycles. The van der Waals surface area contributed by atoms with Gasteiger partial charge in [-0.15, -0.1) is 0 Å². The average Bonchev–Trinajstić information content (AvgIpc) is 2.80. The summed E-state index contributed by atoms with van der Waals surface area (Å²) in [5, 5.41) is 3.31. The Morgan fingerprint density at radius 3 is 2.53 bits per heavy atom. The van der Waals surface area contributed by atoms with E-state index in [1.165, 1.54) is 16.8 Å². The molecule has 0 atom stereocenters. The van der Waals surface area contributed by atoms with Crippen LogP contribution in [-0.4, -0.2) is 11.5 Å². The number of hydrogen-bond acceptors (Lipinski definition) is 1. The third-order valence-corrected chi connectivity index (χ3v) is 2.44. The van der Waals surface area contributed by atoms with Crippen molar-refractivity contribution in [1.29, 1.82) is 0 Å². The highest BCUT2D eigenvalue weighted by Crippen LogP contribution is 2.17. The molecule has 0 radical (unpaired) electrons. The van der Waals surface area contributed by atoms with Gasteiger partial charge in [-0.3, -0.25) is 0 Å². The molecule has 1 aromatic carbocycles. The highest BCUT2D eigenvalue weighted by Gasteiger charge is 1.97. The molecule has 0 amide bonds. The Balaban J connectivity index is 2.11. The van der Waals surface area contributed by atoms with Crippen LogP contribution in [0.1, 0.15) is 12.5 Å². The summed E-state index contributed by atoms with van der Waals surface area (Å²) in [7, 11) is 0. The van der Waals surface area contributed by atoms with Gasteiger partial charge < -0.3 is 10.3 Å². The van der Waals surface area contributed by atoms with E-state index < -0.39 is 0 Å². The Kier molecular flexibility index (Phi) is 3.20. The van der Waals surface area contributed by atoms with Crippen LogP contribution >= 0.6 is 0 Å². The fourth-order valence-corrected chi connectivity index (χ4v) is 1.58. The van der Waals surface area contributed by atoms with Gasteiger partial charge in [-0.25, -0.2) is 0 Å². The molecule has 0 bridgehead atoms. The zero-order valence-corrected chi connectivity index (χ0v) is 8.96. The van der Waals surface area contributed by atoms with Crippen LogP contribution in [0.2, 0.25) is 0 Å². The number of aromatic amines is 1. The summed E-state index contributed by atoms with van der Waals surface area (Å²) in [6.07, 6.45) is 1.95. The molecule has 0 saturated heterocycles. The van der Waals surface area contributed by atoms with Crippen LogP contribution in [0.25, 0.3) is 11.3 Å². The van der Waals surface area contributed by atoms with Gasteiger partial charge in [-0.05, 0) is 29.8 Å². The summed E-state index contributed by atoms with van der Waals surface area (Å²) in [4.78, 5) is 3.20. The van der Waals surface area contributed by atoms with Crippen molar-refractivity contribution in [3.63, 3.8) is 0 Å². The van der Waals surface area contributed by atoms with Gasteiger partial charge in [0.15, 0.2) is 0 Å². The molecule has 0 aliphatic heterocycles. The van der Waals surface area contributed by atoms with Crippen molar-refractivity contribution < 1.29 is 0 Å². The van der Waals surface area contributed by atoms with Crippen molar-refractivity contribution in [3.05, 3.63) is 48.2 Å². The second-order valence-electron chi connectivity index (χ2n) is 3.56. The van der Waals surface area contributed by atoms with Crippen molar-refractivity contribution >= 4 is 0 Å². The molecule has 0 fully saturated rings. The molecule has 2 heteroatoms. The average molecular weight is 200 g/mol. The lowest BCUT2D eigenvalue weighted by molar-refractivity contribution is 0.727. The third-order valence-electron chi connectivity index (χ3n) is 2.44. The Morgan fingerprint density at radius 1 is 1.13 bits per heavy atom. The van der Waals surface area contributed by atoms with Gasteiger partial charge in [-0.1, -0.05) is 31.2 Å². The van der Waals surface area contributed by atoms with Crippen molar-refractivity contribution in [2.45, 2.75) is 13.5 Å². The fraction of sp³-hybridized carbons (Fsp3) is 0.231. The van der Waals surface area contributed by atoms with Gasteiger partial charge >= 0.3 is 0 Å². The maximum absolute atomic E-state index is 3.31. The van der Waals surface area contributed by atoms with Gasteiger partial charge in [0.25, 0.3) is 0 Å². The van der Waals surface area contributed by atoms with Gasteiger partial charge in [0.1, 0.15) is 0 Å². The Bertz CT molecular complexity index is 387. The molecule has 1 heterocycles. The first-order valence-electron chi connectivity index (χ1n) is 5.33. The molecule has 2 rings (SSSR count). The lowest BCUT2D eigenvalue weighted by atomic mass is 10.1. The van der Waals surface area contributed by atoms with Crippen molar-refractivity contribution in [1.82, 2.24) is 10.3 Å². The number of nitrogens with one attached hydrogen (secondary N) is 2. The predicted octanol–water partition coefficient (Wildman–Crippen LogP) is 2.79. The second kappa shape index (κ2) is 4.80. The van der Waals surface area contributed by atoms with Crippen LogP contribution in [0.5, 0.6) is 0 Å². The van der Waals surface area contributed by atoms with E-state index in [1.807, 2.05) is 12.3 Å². The highest BCUT2D eigenvalue weighted by atomic mass is 14.8. The molecular weight excluding hydrogens is 184 g/mol. The van der Waals surface area contributed by atoms with Crippen LogP contribution in [-0.2, 0) is 6.54 Å². The molecule has 2 nitrogen and oxygen atoms in total. The summed E-state index contributed by atoms with van der Waals surface area (Å²) in [6, 6.07) is 12.7. The summed E-state index contributed by atoms with van der Waals surface area (Å²) in [6.45, 7) is 4.08. The lowest BCUT2D eigenvalue weighted by Gasteiger charge is -2.03. The maximum atomic E-state index is 3.31. The minimum atomic E-state index is 0.946. The van der Waals surface area contributed by atoms with Gasteiger partial charge in [0.05, 0.1) is 0 Å². The summed E-state index contributed by atoms with van der Waals surface area (Å²) < 4.78 is 0. The summed E-state index contributed by atoms with van der Waals surface area (Å²) in [5.41, 5.74) is 3.73. The number of aromatic nitrogens is 1. The topological polar surface area (TPSA) is 27.8 Å². The molecule has 1 aromatic heterocycles. The number of hydrogen-bond donors (Lipinski definition) is 2. The summed E-state index contributed by atoms with van der Waals surface area (Å²) in [5.74, 6) is 0. The normalized spacial score (nSPS) is 10.5. The van der Waals surface area contributed by atoms with Crippen LogP contribution < -0.4 is 5.32 Å². The van der Waals surface area contributed by atoms with E-state index in [0.29, 0.717) is 0 Å². The third kappa shape index (κ3) is 2.48. The molecule has 2 aromatic rings. The molecule has 0 saturated carbocycles. The number of H-pyrrole nitrogens is 1. The number of rotatable bonds is 4. The van der Waals surface area contributed by atoms with Crippen LogP contribution in [0.15, 0.2) is 42.6 Å². The lowest BCUT2D eigenvalue weighted by Crippen LogP contribution is -2.11. The van der Waals surface area contributed by atoms with E-state index in [2.05, 4.69) is 47.6 Å². The van der Waals surface area contributed by atoms with Gasteiger partial charge in [0.2, 0.25) is 0 Å².